The van der Waals surface area contributed by atoms with Crippen molar-refractivity contribution in [1.29, 1.82) is 0 Å². The summed E-state index contributed by atoms with van der Waals surface area (Å²) in [5.41, 5.74) is 0.592. The minimum absolute atomic E-state index is 0.0961. The number of nitrogens with zero attached hydrogens (tertiary/aromatic N) is 3. The molecule has 0 spiro atoms. The van der Waals surface area contributed by atoms with Gasteiger partial charge in [-0.25, -0.2) is 18.4 Å². The van der Waals surface area contributed by atoms with Gasteiger partial charge in [-0.3, -0.25) is 9.59 Å². The van der Waals surface area contributed by atoms with Gasteiger partial charge >= 0.3 is 0 Å². The van der Waals surface area contributed by atoms with Gasteiger partial charge in [0.2, 0.25) is 0 Å². The number of sulfone groups is 1. The van der Waals surface area contributed by atoms with Crippen molar-refractivity contribution >= 4 is 21.4 Å². The minimum atomic E-state index is -3.41. The predicted molar refractivity (Wildman–Crippen MR) is 95.1 cm³/mol. The van der Waals surface area contributed by atoms with Gasteiger partial charge in [0, 0.05) is 37.0 Å². The average molecular weight is 370 g/mol. The quantitative estimate of drug-likeness (QED) is 0.741. The Morgan fingerprint density at radius 1 is 1.00 bits per heavy atom. The number of hydrogen-bond acceptors (Lipinski definition) is 6. The second kappa shape index (κ2) is 6.89. The molecule has 132 valence electrons. The van der Waals surface area contributed by atoms with E-state index in [1.807, 2.05) is 0 Å². The second-order valence-corrected chi connectivity index (χ2v) is 7.42. The van der Waals surface area contributed by atoms with Gasteiger partial charge in [-0.1, -0.05) is 0 Å². The molecule has 0 bridgehead atoms. The molecule has 8 nitrogen and oxygen atoms in total. The molecule has 3 aromatic heterocycles. The van der Waals surface area contributed by atoms with Crippen molar-refractivity contribution in [2.24, 2.45) is 0 Å². The number of carbonyl (C=O) groups excluding carboxylic acids is 1. The Kier molecular flexibility index (Phi) is 4.63. The first-order valence-corrected chi connectivity index (χ1v) is 9.34. The van der Waals surface area contributed by atoms with Gasteiger partial charge in [0.05, 0.1) is 17.4 Å². The SMILES string of the molecule is CS(=O)(=O)c1ccc(C(=O)Nc2ccc(-n3ccc(=O)cc3)nc2)cn1. The zero-order valence-corrected chi connectivity index (χ0v) is 14.5. The predicted octanol–water partition coefficient (Wildman–Crippen LogP) is 1.28. The summed E-state index contributed by atoms with van der Waals surface area (Å²) in [5.74, 6) is 0.151. The van der Waals surface area contributed by atoms with Gasteiger partial charge in [-0.05, 0) is 24.3 Å². The number of anilines is 1. The summed E-state index contributed by atoms with van der Waals surface area (Å²) < 4.78 is 24.4. The highest BCUT2D eigenvalue weighted by Gasteiger charge is 2.11. The highest BCUT2D eigenvalue weighted by atomic mass is 32.2. The molecule has 0 unspecified atom stereocenters. The summed E-state index contributed by atoms with van der Waals surface area (Å²) in [5, 5.41) is 2.56. The maximum Gasteiger partial charge on any atom is 0.257 e. The van der Waals surface area contributed by atoms with Crippen molar-refractivity contribution < 1.29 is 13.2 Å². The second-order valence-electron chi connectivity index (χ2n) is 5.46. The third-order valence-corrected chi connectivity index (χ3v) is 4.45. The molecule has 0 fully saturated rings. The summed E-state index contributed by atoms with van der Waals surface area (Å²) in [6.45, 7) is 0. The third-order valence-electron chi connectivity index (χ3n) is 3.45. The molecule has 0 aromatic carbocycles. The molecule has 1 N–H and O–H groups in total. The van der Waals surface area contributed by atoms with Crippen LogP contribution in [-0.2, 0) is 9.84 Å². The fraction of sp³-hybridized carbons (Fsp3) is 0.0588. The summed E-state index contributed by atoms with van der Waals surface area (Å²) in [4.78, 5) is 31.3. The number of hydrogen-bond donors (Lipinski definition) is 1. The minimum Gasteiger partial charge on any atom is -0.321 e. The van der Waals surface area contributed by atoms with E-state index in [1.54, 1.807) is 29.1 Å². The van der Waals surface area contributed by atoms with Crippen LogP contribution in [0.2, 0.25) is 0 Å². The van der Waals surface area contributed by atoms with Crippen LogP contribution in [0.25, 0.3) is 5.82 Å². The van der Waals surface area contributed by atoms with Gasteiger partial charge in [0.1, 0.15) is 5.82 Å². The van der Waals surface area contributed by atoms with E-state index in [4.69, 9.17) is 0 Å². The van der Waals surface area contributed by atoms with Crippen molar-refractivity contribution in [3.63, 3.8) is 0 Å². The first-order chi connectivity index (χ1) is 12.3. The fourth-order valence-electron chi connectivity index (χ4n) is 2.12. The van der Waals surface area contributed by atoms with Gasteiger partial charge < -0.3 is 9.88 Å². The van der Waals surface area contributed by atoms with E-state index in [1.165, 1.54) is 36.7 Å². The molecular weight excluding hydrogens is 356 g/mol. The first kappa shape index (κ1) is 17.5. The van der Waals surface area contributed by atoms with E-state index >= 15 is 0 Å². The Balaban J connectivity index is 1.73. The van der Waals surface area contributed by atoms with Gasteiger partial charge in [0.15, 0.2) is 20.3 Å². The number of rotatable bonds is 4. The molecule has 26 heavy (non-hydrogen) atoms. The number of carbonyl (C=O) groups is 1. The van der Waals surface area contributed by atoms with Crippen molar-refractivity contribution in [3.05, 3.63) is 77.0 Å². The normalized spacial score (nSPS) is 11.1. The Bertz CT molecular complexity index is 1080. The van der Waals surface area contributed by atoms with Crippen LogP contribution in [0.15, 0.2) is 71.0 Å². The summed E-state index contributed by atoms with van der Waals surface area (Å²) in [7, 11) is -3.41. The summed E-state index contributed by atoms with van der Waals surface area (Å²) in [6.07, 6.45) is 6.91. The van der Waals surface area contributed by atoms with E-state index in [0.717, 1.165) is 6.26 Å². The van der Waals surface area contributed by atoms with Crippen LogP contribution < -0.4 is 10.7 Å². The molecule has 1 amide bonds. The maximum absolute atomic E-state index is 12.2. The van der Waals surface area contributed by atoms with Crippen LogP contribution in [0, 0.1) is 0 Å². The van der Waals surface area contributed by atoms with Gasteiger partial charge in [-0.15, -0.1) is 0 Å². The van der Waals surface area contributed by atoms with Crippen LogP contribution in [-0.4, -0.2) is 35.1 Å². The largest absolute Gasteiger partial charge is 0.321 e. The van der Waals surface area contributed by atoms with Gasteiger partial charge in [0.25, 0.3) is 5.91 Å². The monoisotopic (exact) mass is 370 g/mol. The van der Waals surface area contributed by atoms with Crippen LogP contribution in [0.1, 0.15) is 10.4 Å². The number of amides is 1. The zero-order valence-electron chi connectivity index (χ0n) is 13.7. The van der Waals surface area contributed by atoms with E-state index in [2.05, 4.69) is 15.3 Å². The Hall–Kier alpha value is -3.33. The fourth-order valence-corrected chi connectivity index (χ4v) is 2.67. The molecule has 3 aromatic rings. The number of nitrogens with one attached hydrogen (secondary N) is 1. The smallest absolute Gasteiger partial charge is 0.257 e. The van der Waals surface area contributed by atoms with E-state index in [9.17, 15) is 18.0 Å². The summed E-state index contributed by atoms with van der Waals surface area (Å²) >= 11 is 0. The molecule has 0 saturated heterocycles. The first-order valence-electron chi connectivity index (χ1n) is 7.45. The topological polar surface area (TPSA) is 111 Å². The molecular formula is C17H14N4O4S. The van der Waals surface area contributed by atoms with E-state index in [0.29, 0.717) is 11.5 Å². The maximum atomic E-state index is 12.2. The van der Waals surface area contributed by atoms with Crippen molar-refractivity contribution in [1.82, 2.24) is 14.5 Å². The van der Waals surface area contributed by atoms with Gasteiger partial charge in [-0.2, -0.15) is 0 Å². The molecule has 3 heterocycles. The molecule has 0 aliphatic rings. The zero-order chi connectivity index (χ0) is 18.7. The average Bonchev–Trinajstić information content (AvgIpc) is 2.62. The number of pyridine rings is 3. The highest BCUT2D eigenvalue weighted by molar-refractivity contribution is 7.90. The lowest BCUT2D eigenvalue weighted by Gasteiger charge is -2.08. The highest BCUT2D eigenvalue weighted by Crippen LogP contribution is 2.12. The standard InChI is InChI=1S/C17H14N4O4S/c1-26(24,25)16-5-2-12(10-19-16)17(23)20-13-3-4-15(18-11-13)21-8-6-14(22)7-9-21/h2-11H,1H3,(H,20,23). The van der Waals surface area contributed by atoms with Crippen LogP contribution in [0.3, 0.4) is 0 Å². The van der Waals surface area contributed by atoms with Crippen LogP contribution >= 0.6 is 0 Å². The lowest BCUT2D eigenvalue weighted by molar-refractivity contribution is 0.102. The van der Waals surface area contributed by atoms with Crippen molar-refractivity contribution in [3.8, 4) is 5.82 Å². The van der Waals surface area contributed by atoms with E-state index < -0.39 is 15.7 Å². The number of aromatic nitrogens is 3. The third kappa shape index (κ3) is 4.01. The van der Waals surface area contributed by atoms with Crippen molar-refractivity contribution in [2.45, 2.75) is 5.03 Å². The van der Waals surface area contributed by atoms with Crippen LogP contribution in [0.5, 0.6) is 0 Å². The molecule has 0 aliphatic carbocycles. The molecule has 9 heteroatoms. The molecule has 0 saturated carbocycles. The Morgan fingerprint density at radius 3 is 2.27 bits per heavy atom. The summed E-state index contributed by atoms with van der Waals surface area (Å²) in [6, 6.07) is 8.86. The van der Waals surface area contributed by atoms with E-state index in [-0.39, 0.29) is 16.0 Å². The lowest BCUT2D eigenvalue weighted by Crippen LogP contribution is -2.13. The Morgan fingerprint density at radius 2 is 1.73 bits per heavy atom. The lowest BCUT2D eigenvalue weighted by atomic mass is 10.2. The van der Waals surface area contributed by atoms with Crippen molar-refractivity contribution in [2.75, 3.05) is 11.6 Å². The molecule has 3 rings (SSSR count). The molecule has 0 atom stereocenters. The van der Waals surface area contributed by atoms with Crippen LogP contribution in [0.4, 0.5) is 5.69 Å². The Labute approximate surface area is 149 Å². The molecule has 0 radical (unpaired) electrons. The molecule has 0 aliphatic heterocycles.